The third-order valence-electron chi connectivity index (χ3n) is 2.97. The number of hydrogen-bond acceptors (Lipinski definition) is 3. The molecular weight excluding hydrogens is 237 g/mol. The van der Waals surface area contributed by atoms with Crippen molar-refractivity contribution >= 4 is 11.7 Å². The number of Topliss-reactive ketones (excluding diaryl/α,β-unsaturated/α-hetero) is 1. The van der Waals surface area contributed by atoms with Gasteiger partial charge in [-0.3, -0.25) is 9.59 Å². The Hall–Kier alpha value is -1.91. The van der Waals surface area contributed by atoms with Gasteiger partial charge in [0.05, 0.1) is 19.2 Å². The van der Waals surface area contributed by atoms with Gasteiger partial charge in [-0.05, 0) is 24.6 Å². The first kappa shape index (κ1) is 12.5. The molecule has 1 aromatic rings. The van der Waals surface area contributed by atoms with E-state index in [-0.39, 0.29) is 23.8 Å². The van der Waals surface area contributed by atoms with Gasteiger partial charge >= 0.3 is 0 Å². The SMILES string of the molecule is COc1ccc(F)cc1C(=O)CN1CCCC1=O. The minimum absolute atomic E-state index is 0.0152. The zero-order chi connectivity index (χ0) is 13.1. The summed E-state index contributed by atoms with van der Waals surface area (Å²) in [5.41, 5.74) is 0.178. The van der Waals surface area contributed by atoms with E-state index in [1.807, 2.05) is 0 Å². The number of carbonyl (C=O) groups excluding carboxylic acids is 2. The molecule has 0 saturated carbocycles. The average molecular weight is 251 g/mol. The van der Waals surface area contributed by atoms with E-state index in [0.29, 0.717) is 18.7 Å². The Balaban J connectivity index is 2.17. The number of nitrogens with zero attached hydrogens (tertiary/aromatic N) is 1. The number of hydrogen-bond donors (Lipinski definition) is 0. The monoisotopic (exact) mass is 251 g/mol. The molecule has 1 aliphatic rings. The Bertz CT molecular complexity index is 487. The average Bonchev–Trinajstić information content (AvgIpc) is 2.75. The number of likely N-dealkylation sites (tertiary alicyclic amines) is 1. The second-order valence-electron chi connectivity index (χ2n) is 4.19. The van der Waals surface area contributed by atoms with Gasteiger partial charge in [0, 0.05) is 13.0 Å². The highest BCUT2D eigenvalue weighted by Gasteiger charge is 2.24. The minimum atomic E-state index is -0.494. The van der Waals surface area contributed by atoms with Crippen LogP contribution in [0.1, 0.15) is 23.2 Å². The molecule has 2 rings (SSSR count). The molecule has 0 radical (unpaired) electrons. The molecule has 1 aromatic carbocycles. The van der Waals surface area contributed by atoms with Crippen LogP contribution in [0.25, 0.3) is 0 Å². The van der Waals surface area contributed by atoms with E-state index in [1.54, 1.807) is 0 Å². The van der Waals surface area contributed by atoms with Crippen LogP contribution in [0.3, 0.4) is 0 Å². The molecule has 1 saturated heterocycles. The van der Waals surface area contributed by atoms with Gasteiger partial charge in [-0.1, -0.05) is 0 Å². The van der Waals surface area contributed by atoms with Crippen LogP contribution in [-0.2, 0) is 4.79 Å². The van der Waals surface area contributed by atoms with Crippen LogP contribution in [0, 0.1) is 5.82 Å². The zero-order valence-corrected chi connectivity index (χ0v) is 10.1. The molecule has 96 valence electrons. The summed E-state index contributed by atoms with van der Waals surface area (Å²) in [5.74, 6) is -0.500. The van der Waals surface area contributed by atoms with Gasteiger partial charge in [-0.25, -0.2) is 4.39 Å². The van der Waals surface area contributed by atoms with Crippen molar-refractivity contribution in [3.05, 3.63) is 29.6 Å². The predicted molar refractivity (Wildman–Crippen MR) is 63.1 cm³/mol. The molecule has 0 spiro atoms. The van der Waals surface area contributed by atoms with Gasteiger partial charge in [0.2, 0.25) is 5.91 Å². The van der Waals surface area contributed by atoms with E-state index in [0.717, 1.165) is 12.5 Å². The lowest BCUT2D eigenvalue weighted by molar-refractivity contribution is -0.127. The van der Waals surface area contributed by atoms with E-state index < -0.39 is 5.82 Å². The van der Waals surface area contributed by atoms with Gasteiger partial charge < -0.3 is 9.64 Å². The molecule has 1 aliphatic heterocycles. The summed E-state index contributed by atoms with van der Waals surface area (Å²) in [6, 6.07) is 3.78. The highest BCUT2D eigenvalue weighted by atomic mass is 19.1. The molecule has 0 aromatic heterocycles. The van der Waals surface area contributed by atoms with Gasteiger partial charge in [0.15, 0.2) is 5.78 Å². The van der Waals surface area contributed by atoms with Crippen LogP contribution in [-0.4, -0.2) is 36.8 Å². The van der Waals surface area contributed by atoms with Crippen molar-refractivity contribution in [3.8, 4) is 5.75 Å². The fraction of sp³-hybridized carbons (Fsp3) is 0.385. The second kappa shape index (κ2) is 5.16. The number of ether oxygens (including phenoxy) is 1. The molecule has 0 N–H and O–H groups in total. The maximum atomic E-state index is 13.1. The molecule has 1 fully saturated rings. The molecule has 5 heteroatoms. The first-order chi connectivity index (χ1) is 8.61. The summed E-state index contributed by atoms with van der Waals surface area (Å²) < 4.78 is 18.2. The fourth-order valence-electron chi connectivity index (χ4n) is 2.03. The third kappa shape index (κ3) is 2.50. The third-order valence-corrected chi connectivity index (χ3v) is 2.97. The van der Waals surface area contributed by atoms with Crippen LogP contribution in [0.2, 0.25) is 0 Å². The number of carbonyl (C=O) groups is 2. The maximum Gasteiger partial charge on any atom is 0.223 e. The zero-order valence-electron chi connectivity index (χ0n) is 10.1. The Morgan fingerprint density at radius 2 is 2.28 bits per heavy atom. The predicted octanol–water partition coefficient (Wildman–Crippen LogP) is 1.64. The summed E-state index contributed by atoms with van der Waals surface area (Å²) in [7, 11) is 1.42. The van der Waals surface area contributed by atoms with E-state index in [4.69, 9.17) is 4.74 Å². The summed E-state index contributed by atoms with van der Waals surface area (Å²) >= 11 is 0. The van der Waals surface area contributed by atoms with Gasteiger partial charge in [0.25, 0.3) is 0 Å². The molecule has 0 bridgehead atoms. The first-order valence-electron chi connectivity index (χ1n) is 5.76. The summed E-state index contributed by atoms with van der Waals surface area (Å²) in [6.45, 7) is 0.570. The molecule has 18 heavy (non-hydrogen) atoms. The van der Waals surface area contributed by atoms with E-state index in [2.05, 4.69) is 0 Å². The van der Waals surface area contributed by atoms with Crippen LogP contribution in [0.5, 0.6) is 5.75 Å². The Morgan fingerprint density at radius 1 is 1.50 bits per heavy atom. The quantitative estimate of drug-likeness (QED) is 0.764. The lowest BCUT2D eigenvalue weighted by Crippen LogP contribution is -2.31. The van der Waals surface area contributed by atoms with Crippen molar-refractivity contribution < 1.29 is 18.7 Å². The highest BCUT2D eigenvalue weighted by Crippen LogP contribution is 2.21. The molecule has 0 aliphatic carbocycles. The van der Waals surface area contributed by atoms with Crippen molar-refractivity contribution in [1.29, 1.82) is 0 Å². The van der Waals surface area contributed by atoms with E-state index in [9.17, 15) is 14.0 Å². The van der Waals surface area contributed by atoms with Crippen molar-refractivity contribution in [3.63, 3.8) is 0 Å². The minimum Gasteiger partial charge on any atom is -0.496 e. The smallest absolute Gasteiger partial charge is 0.223 e. The molecule has 4 nitrogen and oxygen atoms in total. The number of halogens is 1. The topological polar surface area (TPSA) is 46.6 Å². The van der Waals surface area contributed by atoms with Crippen molar-refractivity contribution in [1.82, 2.24) is 4.90 Å². The van der Waals surface area contributed by atoms with Gasteiger partial charge in [-0.2, -0.15) is 0 Å². The maximum absolute atomic E-state index is 13.1. The molecule has 0 atom stereocenters. The summed E-state index contributed by atoms with van der Waals surface area (Å²) in [4.78, 5) is 25.0. The fourth-order valence-corrected chi connectivity index (χ4v) is 2.03. The van der Waals surface area contributed by atoms with Crippen LogP contribution in [0.15, 0.2) is 18.2 Å². The van der Waals surface area contributed by atoms with Crippen LogP contribution >= 0.6 is 0 Å². The number of ketones is 1. The lowest BCUT2D eigenvalue weighted by Gasteiger charge is -2.15. The highest BCUT2D eigenvalue weighted by molar-refractivity contribution is 6.01. The molecule has 1 amide bonds. The molecular formula is C13H14FNO3. The number of benzene rings is 1. The summed E-state index contributed by atoms with van der Waals surface area (Å²) in [5, 5.41) is 0. The normalized spacial score (nSPS) is 15.0. The molecule has 1 heterocycles. The van der Waals surface area contributed by atoms with E-state index in [1.165, 1.54) is 24.1 Å². The van der Waals surface area contributed by atoms with Crippen LogP contribution in [0.4, 0.5) is 4.39 Å². The van der Waals surface area contributed by atoms with Crippen molar-refractivity contribution in [2.75, 3.05) is 20.2 Å². The van der Waals surface area contributed by atoms with Crippen LogP contribution < -0.4 is 4.74 Å². The lowest BCUT2D eigenvalue weighted by atomic mass is 10.1. The largest absolute Gasteiger partial charge is 0.496 e. The standard InChI is InChI=1S/C13H14FNO3/c1-18-12-5-4-9(14)7-10(12)11(16)8-15-6-2-3-13(15)17/h4-5,7H,2-3,6,8H2,1H3. The Labute approximate surface area is 104 Å². The number of amides is 1. The van der Waals surface area contributed by atoms with Crippen molar-refractivity contribution in [2.24, 2.45) is 0 Å². The Kier molecular flexibility index (Phi) is 3.60. The van der Waals surface area contributed by atoms with Gasteiger partial charge in [0.1, 0.15) is 11.6 Å². The van der Waals surface area contributed by atoms with Gasteiger partial charge in [-0.15, -0.1) is 0 Å². The number of methoxy groups -OCH3 is 1. The molecule has 0 unspecified atom stereocenters. The Morgan fingerprint density at radius 3 is 2.89 bits per heavy atom. The van der Waals surface area contributed by atoms with Crippen molar-refractivity contribution in [2.45, 2.75) is 12.8 Å². The van der Waals surface area contributed by atoms with E-state index >= 15 is 0 Å². The second-order valence-corrected chi connectivity index (χ2v) is 4.19. The first-order valence-corrected chi connectivity index (χ1v) is 5.76. The number of rotatable bonds is 4. The summed E-state index contributed by atoms with van der Waals surface area (Å²) in [6.07, 6.45) is 1.25.